The lowest BCUT2D eigenvalue weighted by atomic mass is 9.98. The van der Waals surface area contributed by atoms with Gasteiger partial charge in [-0.05, 0) is 28.7 Å². The number of fused-ring (bicyclic) bond motifs is 3. The Balaban J connectivity index is 1.81. The van der Waals surface area contributed by atoms with Gasteiger partial charge >= 0.3 is 6.16 Å². The van der Waals surface area contributed by atoms with Crippen LogP contribution in [0.4, 0.5) is 4.79 Å². The van der Waals surface area contributed by atoms with Gasteiger partial charge < -0.3 is 9.47 Å². The summed E-state index contributed by atoms with van der Waals surface area (Å²) < 4.78 is 10.2. The van der Waals surface area contributed by atoms with E-state index in [2.05, 4.69) is 24.3 Å². The number of hydrogen-bond acceptors (Lipinski definition) is 3. The van der Waals surface area contributed by atoms with Crippen molar-refractivity contribution in [1.82, 2.24) is 0 Å². The second-order valence-corrected chi connectivity index (χ2v) is 5.14. The minimum absolute atomic E-state index is 0.0894. The van der Waals surface area contributed by atoms with Crippen LogP contribution in [-0.2, 0) is 9.47 Å². The molecular formula is C18H18O3. The summed E-state index contributed by atoms with van der Waals surface area (Å²) in [7, 11) is 0. The lowest BCUT2D eigenvalue weighted by molar-refractivity contribution is 0.0535. The van der Waals surface area contributed by atoms with Crippen LogP contribution in [-0.4, -0.2) is 19.4 Å². The Labute approximate surface area is 124 Å². The van der Waals surface area contributed by atoms with Gasteiger partial charge in [-0.15, -0.1) is 0 Å². The van der Waals surface area contributed by atoms with Crippen molar-refractivity contribution in [2.24, 2.45) is 0 Å². The van der Waals surface area contributed by atoms with Crippen molar-refractivity contribution in [1.29, 1.82) is 0 Å². The summed E-state index contributed by atoms with van der Waals surface area (Å²) in [6.45, 7) is 2.67. The van der Waals surface area contributed by atoms with E-state index in [1.807, 2.05) is 31.2 Å². The maximum atomic E-state index is 11.5. The van der Waals surface area contributed by atoms with E-state index in [0.29, 0.717) is 13.2 Å². The fourth-order valence-electron chi connectivity index (χ4n) is 2.82. The molecule has 0 fully saturated rings. The highest BCUT2D eigenvalue weighted by Gasteiger charge is 2.29. The average molecular weight is 282 g/mol. The minimum atomic E-state index is -0.585. The van der Waals surface area contributed by atoms with Crippen LogP contribution < -0.4 is 0 Å². The van der Waals surface area contributed by atoms with E-state index >= 15 is 0 Å². The molecule has 0 heterocycles. The predicted octanol–water partition coefficient (Wildman–Crippen LogP) is 4.36. The van der Waals surface area contributed by atoms with Crippen LogP contribution in [0.2, 0.25) is 0 Å². The highest BCUT2D eigenvalue weighted by atomic mass is 16.7. The summed E-state index contributed by atoms with van der Waals surface area (Å²) in [4.78, 5) is 11.5. The first-order valence-corrected chi connectivity index (χ1v) is 7.29. The van der Waals surface area contributed by atoms with Gasteiger partial charge in [-0.2, -0.15) is 0 Å². The van der Waals surface area contributed by atoms with Crippen molar-refractivity contribution in [2.45, 2.75) is 19.3 Å². The third-order valence-electron chi connectivity index (χ3n) is 3.75. The summed E-state index contributed by atoms with van der Waals surface area (Å²) >= 11 is 0. The predicted molar refractivity (Wildman–Crippen MR) is 81.3 cm³/mol. The largest absolute Gasteiger partial charge is 0.508 e. The lowest BCUT2D eigenvalue weighted by Crippen LogP contribution is -2.14. The Kier molecular flexibility index (Phi) is 3.91. The second kappa shape index (κ2) is 6.00. The van der Waals surface area contributed by atoms with E-state index in [-0.39, 0.29) is 5.92 Å². The number of hydrogen-bond donors (Lipinski definition) is 0. The molecule has 0 N–H and O–H groups in total. The average Bonchev–Trinajstić information content (AvgIpc) is 2.85. The molecule has 3 nitrogen and oxygen atoms in total. The van der Waals surface area contributed by atoms with Crippen molar-refractivity contribution in [3.05, 3.63) is 59.7 Å². The maximum absolute atomic E-state index is 11.5. The molecule has 0 saturated carbocycles. The molecule has 108 valence electrons. The van der Waals surface area contributed by atoms with Gasteiger partial charge in [-0.1, -0.05) is 55.5 Å². The summed E-state index contributed by atoms with van der Waals surface area (Å²) in [5.74, 6) is 0.0894. The van der Waals surface area contributed by atoms with Crippen LogP contribution in [0.25, 0.3) is 11.1 Å². The molecule has 0 saturated heterocycles. The highest BCUT2D eigenvalue weighted by Crippen LogP contribution is 2.44. The fraction of sp³-hybridized carbons (Fsp3) is 0.278. The molecular weight excluding hydrogens is 264 g/mol. The summed E-state index contributed by atoms with van der Waals surface area (Å²) in [5.41, 5.74) is 4.87. The van der Waals surface area contributed by atoms with E-state index in [4.69, 9.17) is 9.47 Å². The monoisotopic (exact) mass is 282 g/mol. The van der Waals surface area contributed by atoms with E-state index in [0.717, 1.165) is 6.42 Å². The topological polar surface area (TPSA) is 35.5 Å². The molecule has 0 aromatic heterocycles. The number of benzene rings is 2. The summed E-state index contributed by atoms with van der Waals surface area (Å²) in [6.07, 6.45) is 0.211. The highest BCUT2D eigenvalue weighted by molar-refractivity contribution is 5.78. The molecule has 1 aliphatic carbocycles. The Morgan fingerprint density at radius 3 is 2.10 bits per heavy atom. The van der Waals surface area contributed by atoms with Crippen LogP contribution in [0, 0.1) is 0 Å². The van der Waals surface area contributed by atoms with E-state index in [1.54, 1.807) is 0 Å². The second-order valence-electron chi connectivity index (χ2n) is 5.14. The quantitative estimate of drug-likeness (QED) is 0.781. The molecule has 0 aliphatic heterocycles. The molecule has 1 aliphatic rings. The minimum Gasteiger partial charge on any atom is -0.434 e. The van der Waals surface area contributed by atoms with Crippen molar-refractivity contribution >= 4 is 6.16 Å². The molecule has 0 bridgehead atoms. The van der Waals surface area contributed by atoms with Crippen LogP contribution >= 0.6 is 0 Å². The third kappa shape index (κ3) is 2.64. The Morgan fingerprint density at radius 1 is 0.952 bits per heavy atom. The maximum Gasteiger partial charge on any atom is 0.508 e. The lowest BCUT2D eigenvalue weighted by Gasteiger charge is -2.13. The Morgan fingerprint density at radius 2 is 1.52 bits per heavy atom. The van der Waals surface area contributed by atoms with Crippen molar-refractivity contribution < 1.29 is 14.3 Å². The van der Waals surface area contributed by atoms with Crippen LogP contribution in [0.5, 0.6) is 0 Å². The SMILES string of the molecule is CCCOC(=O)OCC1c2ccccc2-c2ccccc21. The van der Waals surface area contributed by atoms with Gasteiger partial charge in [0.15, 0.2) is 0 Å². The first-order chi connectivity index (χ1) is 10.3. The molecule has 2 aromatic rings. The van der Waals surface area contributed by atoms with Crippen molar-refractivity contribution in [3.8, 4) is 11.1 Å². The summed E-state index contributed by atoms with van der Waals surface area (Å²) in [5, 5.41) is 0. The van der Waals surface area contributed by atoms with Crippen molar-refractivity contribution in [2.75, 3.05) is 13.2 Å². The van der Waals surface area contributed by atoms with Crippen LogP contribution in [0.3, 0.4) is 0 Å². The number of rotatable bonds is 4. The van der Waals surface area contributed by atoms with Gasteiger partial charge in [0.25, 0.3) is 0 Å². The molecule has 0 amide bonds. The molecule has 2 aromatic carbocycles. The Bertz CT molecular complexity index is 603. The van der Waals surface area contributed by atoms with Gasteiger partial charge in [-0.3, -0.25) is 0 Å². The molecule has 0 spiro atoms. The number of carbonyl (C=O) groups is 1. The van der Waals surface area contributed by atoms with Gasteiger partial charge in [0.05, 0.1) is 6.61 Å². The van der Waals surface area contributed by atoms with E-state index < -0.39 is 6.16 Å². The molecule has 0 atom stereocenters. The smallest absolute Gasteiger partial charge is 0.434 e. The molecule has 3 heteroatoms. The zero-order valence-corrected chi connectivity index (χ0v) is 12.0. The molecule has 3 rings (SSSR count). The molecule has 0 unspecified atom stereocenters. The first-order valence-electron chi connectivity index (χ1n) is 7.29. The number of ether oxygens (including phenoxy) is 2. The normalized spacial score (nSPS) is 12.6. The molecule has 21 heavy (non-hydrogen) atoms. The van der Waals surface area contributed by atoms with Gasteiger partial charge in [0, 0.05) is 5.92 Å². The van der Waals surface area contributed by atoms with Gasteiger partial charge in [-0.25, -0.2) is 4.79 Å². The van der Waals surface area contributed by atoms with Crippen LogP contribution in [0.15, 0.2) is 48.5 Å². The fourth-order valence-corrected chi connectivity index (χ4v) is 2.82. The zero-order chi connectivity index (χ0) is 14.7. The van der Waals surface area contributed by atoms with Crippen LogP contribution in [0.1, 0.15) is 30.4 Å². The zero-order valence-electron chi connectivity index (χ0n) is 12.0. The van der Waals surface area contributed by atoms with E-state index in [1.165, 1.54) is 22.3 Å². The van der Waals surface area contributed by atoms with Gasteiger partial charge in [0.2, 0.25) is 0 Å². The number of carbonyl (C=O) groups excluding carboxylic acids is 1. The first kappa shape index (κ1) is 13.7. The van der Waals surface area contributed by atoms with E-state index in [9.17, 15) is 4.79 Å². The van der Waals surface area contributed by atoms with Crippen molar-refractivity contribution in [3.63, 3.8) is 0 Å². The third-order valence-corrected chi connectivity index (χ3v) is 3.75. The van der Waals surface area contributed by atoms with Gasteiger partial charge in [0.1, 0.15) is 6.61 Å². The molecule has 0 radical (unpaired) electrons. The summed E-state index contributed by atoms with van der Waals surface area (Å²) in [6, 6.07) is 16.5. The standard InChI is InChI=1S/C18H18O3/c1-2-11-20-18(19)21-12-17-15-9-5-3-7-13(15)14-8-4-6-10-16(14)17/h3-10,17H,2,11-12H2,1H3. The Hall–Kier alpha value is -2.29.